The van der Waals surface area contributed by atoms with Crippen molar-refractivity contribution >= 4 is 17.6 Å². The summed E-state index contributed by atoms with van der Waals surface area (Å²) in [4.78, 5) is 12.0. The van der Waals surface area contributed by atoms with Gasteiger partial charge in [-0.15, -0.1) is 0 Å². The summed E-state index contributed by atoms with van der Waals surface area (Å²) in [7, 11) is 1.53. The Bertz CT molecular complexity index is 469. The fraction of sp³-hybridized carbons (Fsp3) is 0.500. The van der Waals surface area contributed by atoms with Gasteiger partial charge in [0.05, 0.1) is 12.2 Å². The van der Waals surface area contributed by atoms with Crippen molar-refractivity contribution in [3.8, 4) is 5.75 Å². The molecule has 2 rings (SSSR count). The van der Waals surface area contributed by atoms with Crippen LogP contribution in [0.4, 0.5) is 0 Å². The van der Waals surface area contributed by atoms with E-state index in [2.05, 4.69) is 0 Å². The second-order valence-electron chi connectivity index (χ2n) is 4.41. The molecule has 4 nitrogen and oxygen atoms in total. The molecule has 1 fully saturated rings. The van der Waals surface area contributed by atoms with Crippen molar-refractivity contribution in [3.05, 3.63) is 28.3 Å². The third kappa shape index (κ3) is 3.39. The van der Waals surface area contributed by atoms with Crippen LogP contribution in [0.5, 0.6) is 5.75 Å². The van der Waals surface area contributed by atoms with Crippen LogP contribution in [0.1, 0.15) is 41.6 Å². The summed E-state index contributed by atoms with van der Waals surface area (Å²) in [5, 5.41) is 0.555. The lowest BCUT2D eigenvalue weighted by Crippen LogP contribution is -2.09. The van der Waals surface area contributed by atoms with Gasteiger partial charge in [0.1, 0.15) is 5.75 Å². The Balaban J connectivity index is 2.34. The summed E-state index contributed by atoms with van der Waals surface area (Å²) in [5.41, 5.74) is 1.38. The smallest absolute Gasteiger partial charge is 0.338 e. The number of carbonyl (C=O) groups is 1. The molecular formula is C14H17ClO4. The number of rotatable bonds is 6. The summed E-state index contributed by atoms with van der Waals surface area (Å²) in [6, 6.07) is 3.40. The molecule has 1 aromatic rings. The van der Waals surface area contributed by atoms with Gasteiger partial charge in [-0.2, -0.15) is 0 Å². The lowest BCUT2D eigenvalue weighted by Gasteiger charge is -2.13. The van der Waals surface area contributed by atoms with Crippen LogP contribution in [0.2, 0.25) is 5.02 Å². The quantitative estimate of drug-likeness (QED) is 0.593. The molecule has 1 aliphatic carbocycles. The first-order chi connectivity index (χ1) is 9.17. The first-order valence-corrected chi connectivity index (χ1v) is 6.67. The fourth-order valence-corrected chi connectivity index (χ4v) is 2.33. The zero-order valence-electron chi connectivity index (χ0n) is 11.1. The summed E-state index contributed by atoms with van der Waals surface area (Å²) >= 11 is 6.26. The van der Waals surface area contributed by atoms with E-state index in [9.17, 15) is 4.79 Å². The third-order valence-corrected chi connectivity index (χ3v) is 3.24. The van der Waals surface area contributed by atoms with Gasteiger partial charge < -0.3 is 14.2 Å². The van der Waals surface area contributed by atoms with Crippen molar-refractivity contribution in [3.63, 3.8) is 0 Å². The second-order valence-corrected chi connectivity index (χ2v) is 4.82. The predicted octanol–water partition coefficient (Wildman–Crippen LogP) is 3.38. The minimum absolute atomic E-state index is 0.112. The normalized spacial score (nSPS) is 14.3. The molecule has 0 spiro atoms. The van der Waals surface area contributed by atoms with E-state index in [1.807, 2.05) is 0 Å². The monoisotopic (exact) mass is 284 g/mol. The molecule has 1 saturated carbocycles. The number of methoxy groups -OCH3 is 1. The van der Waals surface area contributed by atoms with Crippen LogP contribution in [0.3, 0.4) is 0 Å². The molecule has 19 heavy (non-hydrogen) atoms. The highest BCUT2D eigenvalue weighted by atomic mass is 35.5. The van der Waals surface area contributed by atoms with Crippen LogP contribution in [0, 0.1) is 0 Å². The van der Waals surface area contributed by atoms with Gasteiger partial charge >= 0.3 is 5.97 Å². The third-order valence-electron chi connectivity index (χ3n) is 2.93. The minimum atomic E-state index is -0.353. The van der Waals surface area contributed by atoms with Crippen LogP contribution in [-0.4, -0.2) is 26.5 Å². The van der Waals surface area contributed by atoms with Crippen molar-refractivity contribution in [2.24, 2.45) is 0 Å². The molecule has 0 heterocycles. The fourth-order valence-electron chi connectivity index (χ4n) is 1.97. The number of halogens is 1. The van der Waals surface area contributed by atoms with Gasteiger partial charge in [0, 0.05) is 12.1 Å². The lowest BCUT2D eigenvalue weighted by atomic mass is 10.0. The Labute approximate surface area is 117 Å². The molecule has 1 aromatic carbocycles. The molecule has 5 heteroatoms. The topological polar surface area (TPSA) is 44.8 Å². The number of benzene rings is 1. The van der Waals surface area contributed by atoms with Gasteiger partial charge in [-0.1, -0.05) is 11.6 Å². The zero-order valence-corrected chi connectivity index (χ0v) is 11.8. The number of esters is 1. The number of hydrogen-bond donors (Lipinski definition) is 0. The number of ether oxygens (including phenoxy) is 3. The van der Waals surface area contributed by atoms with E-state index in [0.29, 0.717) is 28.9 Å². The molecule has 0 amide bonds. The van der Waals surface area contributed by atoms with Crippen LogP contribution in [0.25, 0.3) is 0 Å². The molecule has 0 atom stereocenters. The Kier molecular flexibility index (Phi) is 4.66. The average molecular weight is 285 g/mol. The SMILES string of the molecule is CCOC(=O)c1cc(OCOC)cc(Cl)c1C1CC1. The van der Waals surface area contributed by atoms with Crippen molar-refractivity contribution in [1.82, 2.24) is 0 Å². The molecule has 0 aromatic heterocycles. The van der Waals surface area contributed by atoms with Gasteiger partial charge in [-0.25, -0.2) is 4.79 Å². The number of hydrogen-bond acceptors (Lipinski definition) is 4. The highest BCUT2D eigenvalue weighted by Crippen LogP contribution is 2.46. The van der Waals surface area contributed by atoms with Gasteiger partial charge in [0.15, 0.2) is 6.79 Å². The molecule has 0 saturated heterocycles. The van der Waals surface area contributed by atoms with Crippen molar-refractivity contribution in [2.75, 3.05) is 20.5 Å². The first kappa shape index (κ1) is 14.2. The second kappa shape index (κ2) is 6.26. The van der Waals surface area contributed by atoms with E-state index in [4.69, 9.17) is 25.8 Å². The van der Waals surface area contributed by atoms with E-state index in [1.165, 1.54) is 7.11 Å². The highest BCUT2D eigenvalue weighted by molar-refractivity contribution is 6.32. The van der Waals surface area contributed by atoms with Crippen LogP contribution < -0.4 is 4.74 Å². The summed E-state index contributed by atoms with van der Waals surface area (Å²) in [6.07, 6.45) is 2.12. The predicted molar refractivity (Wildman–Crippen MR) is 71.9 cm³/mol. The van der Waals surface area contributed by atoms with Crippen molar-refractivity contribution in [1.29, 1.82) is 0 Å². The standard InChI is InChI=1S/C14H17ClO4/c1-3-18-14(16)11-6-10(19-8-17-2)7-12(15)13(11)9-4-5-9/h6-7,9H,3-5,8H2,1-2H3. The molecule has 0 bridgehead atoms. The molecule has 0 radical (unpaired) electrons. The maximum Gasteiger partial charge on any atom is 0.338 e. The van der Waals surface area contributed by atoms with Crippen molar-refractivity contribution < 1.29 is 19.0 Å². The van der Waals surface area contributed by atoms with Gasteiger partial charge in [-0.05, 0) is 43.4 Å². The van der Waals surface area contributed by atoms with E-state index in [1.54, 1.807) is 19.1 Å². The van der Waals surface area contributed by atoms with Crippen LogP contribution in [-0.2, 0) is 9.47 Å². The number of carbonyl (C=O) groups excluding carboxylic acids is 1. The summed E-state index contributed by atoms with van der Waals surface area (Å²) in [5.74, 6) is 0.525. The van der Waals surface area contributed by atoms with Crippen LogP contribution >= 0.6 is 11.6 Å². The van der Waals surface area contributed by atoms with Gasteiger partial charge in [0.2, 0.25) is 0 Å². The van der Waals surface area contributed by atoms with E-state index in [0.717, 1.165) is 18.4 Å². The maximum absolute atomic E-state index is 12.0. The Morgan fingerprint density at radius 2 is 2.16 bits per heavy atom. The Hall–Kier alpha value is -1.26. The minimum Gasteiger partial charge on any atom is -0.467 e. The molecule has 1 aliphatic rings. The molecule has 104 valence electrons. The largest absolute Gasteiger partial charge is 0.467 e. The maximum atomic E-state index is 12.0. The lowest BCUT2D eigenvalue weighted by molar-refractivity contribution is 0.0489. The molecule has 0 aliphatic heterocycles. The highest BCUT2D eigenvalue weighted by Gasteiger charge is 2.31. The van der Waals surface area contributed by atoms with Gasteiger partial charge in [0.25, 0.3) is 0 Å². The van der Waals surface area contributed by atoms with Crippen LogP contribution in [0.15, 0.2) is 12.1 Å². The van der Waals surface area contributed by atoms with E-state index < -0.39 is 0 Å². The summed E-state index contributed by atoms with van der Waals surface area (Å²) < 4.78 is 15.3. The summed E-state index contributed by atoms with van der Waals surface area (Å²) in [6.45, 7) is 2.23. The first-order valence-electron chi connectivity index (χ1n) is 6.29. The van der Waals surface area contributed by atoms with E-state index in [-0.39, 0.29) is 12.8 Å². The molecule has 0 N–H and O–H groups in total. The average Bonchev–Trinajstić information content (AvgIpc) is 3.20. The van der Waals surface area contributed by atoms with Gasteiger partial charge in [-0.3, -0.25) is 0 Å². The zero-order chi connectivity index (χ0) is 13.8. The molecule has 0 unspecified atom stereocenters. The van der Waals surface area contributed by atoms with Crippen molar-refractivity contribution in [2.45, 2.75) is 25.7 Å². The van der Waals surface area contributed by atoms with E-state index >= 15 is 0 Å². The Morgan fingerprint density at radius 1 is 1.42 bits per heavy atom. The molecular weight excluding hydrogens is 268 g/mol. The Morgan fingerprint density at radius 3 is 2.74 bits per heavy atom.